The van der Waals surface area contributed by atoms with Crippen LogP contribution in [-0.4, -0.2) is 9.67 Å². The summed E-state index contributed by atoms with van der Waals surface area (Å²) in [6, 6.07) is 13.5. The fourth-order valence-electron chi connectivity index (χ4n) is 2.25. The predicted molar refractivity (Wildman–Crippen MR) is 75.3 cm³/mol. The van der Waals surface area contributed by atoms with Crippen molar-refractivity contribution in [3.63, 3.8) is 0 Å². The van der Waals surface area contributed by atoms with E-state index in [9.17, 15) is 9.50 Å². The Hall–Kier alpha value is -2.49. The van der Waals surface area contributed by atoms with Crippen LogP contribution in [0.25, 0.3) is 10.9 Å². The summed E-state index contributed by atoms with van der Waals surface area (Å²) in [6.45, 7) is 0.242. The third-order valence-electron chi connectivity index (χ3n) is 3.38. The van der Waals surface area contributed by atoms with Crippen molar-refractivity contribution < 1.29 is 14.2 Å². The number of rotatable bonds is 3. The SMILES string of the molecule is Cn1c(COc2ccccc2F)cc2c(O)cccc21. The lowest BCUT2D eigenvalue weighted by Gasteiger charge is -2.08. The number of aromatic nitrogens is 1. The number of aryl methyl sites for hydroxylation is 1. The van der Waals surface area contributed by atoms with Gasteiger partial charge in [0.25, 0.3) is 0 Å². The van der Waals surface area contributed by atoms with Gasteiger partial charge < -0.3 is 14.4 Å². The lowest BCUT2D eigenvalue weighted by molar-refractivity contribution is 0.283. The minimum atomic E-state index is -0.380. The van der Waals surface area contributed by atoms with E-state index in [2.05, 4.69) is 0 Å². The highest BCUT2D eigenvalue weighted by Gasteiger charge is 2.10. The Balaban J connectivity index is 1.90. The Labute approximate surface area is 115 Å². The molecule has 3 nitrogen and oxygen atoms in total. The van der Waals surface area contributed by atoms with E-state index < -0.39 is 0 Å². The van der Waals surface area contributed by atoms with Crippen molar-refractivity contribution in [2.75, 3.05) is 0 Å². The molecule has 0 fully saturated rings. The molecule has 102 valence electrons. The van der Waals surface area contributed by atoms with Gasteiger partial charge in [0.15, 0.2) is 11.6 Å². The van der Waals surface area contributed by atoms with E-state index in [1.165, 1.54) is 6.07 Å². The molecule has 3 rings (SSSR count). The quantitative estimate of drug-likeness (QED) is 0.789. The average molecular weight is 271 g/mol. The van der Waals surface area contributed by atoms with Crippen LogP contribution in [-0.2, 0) is 13.7 Å². The summed E-state index contributed by atoms with van der Waals surface area (Å²) in [4.78, 5) is 0. The highest BCUT2D eigenvalue weighted by atomic mass is 19.1. The van der Waals surface area contributed by atoms with E-state index in [-0.39, 0.29) is 23.9 Å². The van der Waals surface area contributed by atoms with E-state index in [1.807, 2.05) is 23.7 Å². The number of aromatic hydroxyl groups is 1. The maximum absolute atomic E-state index is 13.5. The molecule has 0 spiro atoms. The Morgan fingerprint density at radius 3 is 2.70 bits per heavy atom. The minimum absolute atomic E-state index is 0.224. The van der Waals surface area contributed by atoms with Crippen LogP contribution in [0.4, 0.5) is 4.39 Å². The number of halogens is 1. The number of fused-ring (bicyclic) bond motifs is 1. The number of benzene rings is 2. The molecule has 0 saturated carbocycles. The molecule has 1 N–H and O–H groups in total. The molecule has 0 aliphatic heterocycles. The zero-order chi connectivity index (χ0) is 14.1. The summed E-state index contributed by atoms with van der Waals surface area (Å²) in [7, 11) is 1.89. The number of nitrogens with zero attached hydrogens (tertiary/aromatic N) is 1. The molecule has 0 saturated heterocycles. The number of hydrogen-bond donors (Lipinski definition) is 1. The van der Waals surface area contributed by atoms with Crippen LogP contribution < -0.4 is 4.74 Å². The van der Waals surface area contributed by atoms with Crippen molar-refractivity contribution in [2.24, 2.45) is 7.05 Å². The van der Waals surface area contributed by atoms with Crippen molar-refractivity contribution in [1.29, 1.82) is 0 Å². The molecule has 0 aliphatic carbocycles. The lowest BCUT2D eigenvalue weighted by Crippen LogP contribution is -2.02. The Morgan fingerprint density at radius 2 is 1.95 bits per heavy atom. The van der Waals surface area contributed by atoms with E-state index in [0.717, 1.165) is 16.6 Å². The molecule has 1 aromatic heterocycles. The van der Waals surface area contributed by atoms with Gasteiger partial charge >= 0.3 is 0 Å². The Kier molecular flexibility index (Phi) is 3.06. The summed E-state index contributed by atoms with van der Waals surface area (Å²) in [6.07, 6.45) is 0. The molecule has 0 unspecified atom stereocenters. The fraction of sp³-hybridized carbons (Fsp3) is 0.125. The van der Waals surface area contributed by atoms with Gasteiger partial charge in [0.05, 0.1) is 11.2 Å². The average Bonchev–Trinajstić information content (AvgIpc) is 2.77. The van der Waals surface area contributed by atoms with Crippen LogP contribution in [0.15, 0.2) is 48.5 Å². The van der Waals surface area contributed by atoms with Gasteiger partial charge in [-0.05, 0) is 30.3 Å². The second-order valence-corrected chi connectivity index (χ2v) is 4.62. The number of hydrogen-bond acceptors (Lipinski definition) is 2. The second-order valence-electron chi connectivity index (χ2n) is 4.62. The molecule has 4 heteroatoms. The highest BCUT2D eigenvalue weighted by molar-refractivity contribution is 5.87. The maximum Gasteiger partial charge on any atom is 0.165 e. The number of ether oxygens (including phenoxy) is 1. The van der Waals surface area contributed by atoms with Crippen molar-refractivity contribution in [3.8, 4) is 11.5 Å². The molecule has 3 aromatic rings. The highest BCUT2D eigenvalue weighted by Crippen LogP contribution is 2.28. The molecular formula is C16H14FNO2. The van der Waals surface area contributed by atoms with Crippen LogP contribution in [0.5, 0.6) is 11.5 Å². The Bertz CT molecular complexity index is 764. The maximum atomic E-state index is 13.5. The first kappa shape index (κ1) is 12.5. The Morgan fingerprint density at radius 1 is 1.15 bits per heavy atom. The predicted octanol–water partition coefficient (Wildman–Crippen LogP) is 3.60. The van der Waals surface area contributed by atoms with Crippen molar-refractivity contribution in [3.05, 3.63) is 60.0 Å². The van der Waals surface area contributed by atoms with Gasteiger partial charge in [-0.3, -0.25) is 0 Å². The zero-order valence-corrected chi connectivity index (χ0v) is 11.0. The largest absolute Gasteiger partial charge is 0.507 e. The smallest absolute Gasteiger partial charge is 0.165 e. The van der Waals surface area contributed by atoms with Gasteiger partial charge in [0, 0.05) is 12.4 Å². The minimum Gasteiger partial charge on any atom is -0.507 e. The van der Waals surface area contributed by atoms with Crippen LogP contribution >= 0.6 is 0 Å². The van der Waals surface area contributed by atoms with Crippen LogP contribution in [0.1, 0.15) is 5.69 Å². The van der Waals surface area contributed by atoms with Gasteiger partial charge in [-0.2, -0.15) is 0 Å². The van der Waals surface area contributed by atoms with Gasteiger partial charge in [0.2, 0.25) is 0 Å². The van der Waals surface area contributed by atoms with Crippen molar-refractivity contribution >= 4 is 10.9 Å². The first-order valence-electron chi connectivity index (χ1n) is 6.30. The third-order valence-corrected chi connectivity index (χ3v) is 3.38. The van der Waals surface area contributed by atoms with Gasteiger partial charge in [-0.15, -0.1) is 0 Å². The standard InChI is InChI=1S/C16H14FNO2/c1-18-11(9-12-14(18)6-4-7-15(12)19)10-20-16-8-3-2-5-13(16)17/h2-9,19H,10H2,1H3. The summed E-state index contributed by atoms with van der Waals surface area (Å²) in [5, 5.41) is 10.6. The monoisotopic (exact) mass is 271 g/mol. The molecule has 0 bridgehead atoms. The van der Waals surface area contributed by atoms with Gasteiger partial charge in [0.1, 0.15) is 12.4 Å². The molecule has 2 aromatic carbocycles. The fourth-order valence-corrected chi connectivity index (χ4v) is 2.25. The summed E-state index contributed by atoms with van der Waals surface area (Å²) in [5.74, 6) is 0.0753. The van der Waals surface area contributed by atoms with E-state index >= 15 is 0 Å². The molecule has 0 amide bonds. The lowest BCUT2D eigenvalue weighted by atomic mass is 10.2. The molecule has 0 aliphatic rings. The van der Waals surface area contributed by atoms with Crippen molar-refractivity contribution in [2.45, 2.75) is 6.61 Å². The van der Waals surface area contributed by atoms with Crippen LogP contribution in [0.3, 0.4) is 0 Å². The molecule has 0 radical (unpaired) electrons. The molecule has 1 heterocycles. The number of phenolic OH excluding ortho intramolecular Hbond substituents is 1. The first-order valence-corrected chi connectivity index (χ1v) is 6.30. The molecule has 0 atom stereocenters. The normalized spacial score (nSPS) is 10.9. The van der Waals surface area contributed by atoms with Gasteiger partial charge in [-0.1, -0.05) is 18.2 Å². The van der Waals surface area contributed by atoms with Gasteiger partial charge in [-0.25, -0.2) is 4.39 Å². The second kappa shape index (κ2) is 4.89. The van der Waals surface area contributed by atoms with Crippen LogP contribution in [0.2, 0.25) is 0 Å². The van der Waals surface area contributed by atoms with Crippen molar-refractivity contribution in [1.82, 2.24) is 4.57 Å². The number of para-hydroxylation sites is 1. The van der Waals surface area contributed by atoms with Crippen LogP contribution in [0, 0.1) is 5.82 Å². The van der Waals surface area contributed by atoms with E-state index in [0.29, 0.717) is 0 Å². The first-order chi connectivity index (χ1) is 9.66. The molecule has 20 heavy (non-hydrogen) atoms. The van der Waals surface area contributed by atoms with E-state index in [1.54, 1.807) is 30.3 Å². The summed E-state index contributed by atoms with van der Waals surface area (Å²) < 4.78 is 20.9. The summed E-state index contributed by atoms with van der Waals surface area (Å²) >= 11 is 0. The zero-order valence-electron chi connectivity index (χ0n) is 11.0. The number of phenols is 1. The third kappa shape index (κ3) is 2.09. The topological polar surface area (TPSA) is 34.4 Å². The van der Waals surface area contributed by atoms with E-state index in [4.69, 9.17) is 4.74 Å². The molecular weight excluding hydrogens is 257 g/mol. The summed E-state index contributed by atoms with van der Waals surface area (Å²) in [5.41, 5.74) is 1.78.